The summed E-state index contributed by atoms with van der Waals surface area (Å²) in [4.78, 5) is 4.13. The number of alkyl halides is 2. The third kappa shape index (κ3) is 5.26. The molecule has 0 radical (unpaired) electrons. The number of nitrogens with one attached hydrogen (secondary N) is 1. The molecule has 1 rings (SSSR count). The van der Waals surface area contributed by atoms with Gasteiger partial charge in [-0.05, 0) is 38.0 Å². The zero-order chi connectivity index (χ0) is 16.8. The second kappa shape index (κ2) is 8.08. The molecule has 0 atom stereocenters. The van der Waals surface area contributed by atoms with Crippen LogP contribution in [0.3, 0.4) is 0 Å². The van der Waals surface area contributed by atoms with Gasteiger partial charge in [-0.15, -0.1) is 0 Å². The van der Waals surface area contributed by atoms with Crippen molar-refractivity contribution in [3.8, 4) is 0 Å². The normalized spacial score (nSPS) is 14.2. The molecule has 1 N–H and O–H groups in total. The molecule has 0 aliphatic heterocycles. The second-order valence-electron chi connectivity index (χ2n) is 5.00. The molecule has 0 unspecified atom stereocenters. The zero-order valence-electron chi connectivity index (χ0n) is 13.3. The number of aliphatic imine (C=N–C) groups is 1. The van der Waals surface area contributed by atoms with Gasteiger partial charge in [0, 0.05) is 24.4 Å². The largest absolute Gasteiger partial charge is 0.353 e. The molecular formula is C17H21ClF2N2. The van der Waals surface area contributed by atoms with Crippen molar-refractivity contribution in [2.24, 2.45) is 4.99 Å². The summed E-state index contributed by atoms with van der Waals surface area (Å²) in [6.07, 6.45) is 4.18. The van der Waals surface area contributed by atoms with E-state index in [9.17, 15) is 8.78 Å². The Balaban J connectivity index is 3.06. The van der Waals surface area contributed by atoms with Crippen LogP contribution >= 0.6 is 11.6 Å². The van der Waals surface area contributed by atoms with Gasteiger partial charge in [0.15, 0.2) is 5.17 Å². The van der Waals surface area contributed by atoms with Crippen molar-refractivity contribution in [3.63, 3.8) is 0 Å². The molecule has 0 fully saturated rings. The minimum Gasteiger partial charge on any atom is -0.353 e. The highest BCUT2D eigenvalue weighted by atomic mass is 35.5. The van der Waals surface area contributed by atoms with Crippen LogP contribution in [0.15, 0.2) is 52.8 Å². The van der Waals surface area contributed by atoms with Crippen molar-refractivity contribution in [1.29, 1.82) is 0 Å². The lowest BCUT2D eigenvalue weighted by Crippen LogP contribution is -2.10. The molecule has 0 aliphatic carbocycles. The van der Waals surface area contributed by atoms with Gasteiger partial charge in [-0.3, -0.25) is 0 Å². The fourth-order valence-electron chi connectivity index (χ4n) is 1.71. The summed E-state index contributed by atoms with van der Waals surface area (Å²) >= 11 is 6.21. The number of anilines is 1. The van der Waals surface area contributed by atoms with E-state index in [1.807, 2.05) is 20.8 Å². The highest BCUT2D eigenvalue weighted by Gasteiger charge is 2.23. The topological polar surface area (TPSA) is 24.4 Å². The predicted octanol–water partition coefficient (Wildman–Crippen LogP) is 6.07. The number of benzene rings is 1. The van der Waals surface area contributed by atoms with Crippen LogP contribution in [0.25, 0.3) is 0 Å². The second-order valence-corrected chi connectivity index (χ2v) is 5.36. The van der Waals surface area contributed by atoms with Crippen molar-refractivity contribution < 1.29 is 8.78 Å². The van der Waals surface area contributed by atoms with E-state index in [0.29, 0.717) is 16.6 Å². The van der Waals surface area contributed by atoms with Crippen molar-refractivity contribution in [2.45, 2.75) is 40.0 Å². The summed E-state index contributed by atoms with van der Waals surface area (Å²) in [6.45, 7) is 6.69. The molecule has 0 aromatic heterocycles. The summed E-state index contributed by atoms with van der Waals surface area (Å²) in [6, 6.07) is 6.02. The fraction of sp³-hybridized carbons (Fsp3) is 0.353. The van der Waals surface area contributed by atoms with E-state index in [4.69, 9.17) is 11.6 Å². The Hall–Kier alpha value is -1.68. The van der Waals surface area contributed by atoms with Crippen molar-refractivity contribution in [3.05, 3.63) is 53.4 Å². The lowest BCUT2D eigenvalue weighted by atomic mass is 10.1. The van der Waals surface area contributed by atoms with Gasteiger partial charge in [0.25, 0.3) is 5.92 Å². The van der Waals surface area contributed by atoms with Crippen LogP contribution in [-0.4, -0.2) is 5.17 Å². The average Bonchev–Trinajstić information content (AvgIpc) is 2.49. The number of allylic oxidation sites excluding steroid dienone is 3. The molecule has 0 saturated heterocycles. The minimum atomic E-state index is -2.85. The fourth-order valence-corrected chi connectivity index (χ4v) is 1.97. The van der Waals surface area contributed by atoms with Crippen molar-refractivity contribution in [2.75, 3.05) is 5.32 Å². The van der Waals surface area contributed by atoms with E-state index in [-0.39, 0.29) is 5.56 Å². The van der Waals surface area contributed by atoms with Gasteiger partial charge >= 0.3 is 0 Å². The number of halogens is 3. The minimum absolute atomic E-state index is 0.0236. The standard InChI is InChI=1S/C17H21ClF2N2/c1-5-11-21-16(18)15(12(3)6-2)22-14-9-7-13(8-10-14)17(4,19)20/h5,7-11,22H,6H2,1-4H3/b11-5-,15-12+,21-16+. The first-order chi connectivity index (χ1) is 10.3. The molecule has 0 aliphatic rings. The van der Waals surface area contributed by atoms with E-state index in [0.717, 1.165) is 18.9 Å². The maximum absolute atomic E-state index is 13.2. The zero-order valence-corrected chi connectivity index (χ0v) is 14.0. The number of rotatable bonds is 6. The van der Waals surface area contributed by atoms with Crippen LogP contribution in [0.5, 0.6) is 0 Å². The third-order valence-corrected chi connectivity index (χ3v) is 3.45. The van der Waals surface area contributed by atoms with Gasteiger partial charge in [0.1, 0.15) is 0 Å². The first kappa shape index (κ1) is 18.4. The van der Waals surface area contributed by atoms with Crippen molar-refractivity contribution >= 4 is 22.5 Å². The molecule has 1 aromatic rings. The summed E-state index contributed by atoms with van der Waals surface area (Å²) in [5.74, 6) is -2.85. The van der Waals surface area contributed by atoms with Gasteiger partial charge < -0.3 is 5.32 Å². The van der Waals surface area contributed by atoms with Crippen LogP contribution in [0, 0.1) is 0 Å². The molecule has 0 bridgehead atoms. The molecule has 0 heterocycles. The SMILES string of the molecule is C\C=C/N=C(Cl)\C(Nc1ccc(C(C)(F)F)cc1)=C(\C)CC. The van der Waals surface area contributed by atoms with Gasteiger partial charge in [-0.25, -0.2) is 13.8 Å². The third-order valence-electron chi connectivity index (χ3n) is 3.16. The molecule has 2 nitrogen and oxygen atoms in total. The van der Waals surface area contributed by atoms with Crippen LogP contribution in [0.4, 0.5) is 14.5 Å². The summed E-state index contributed by atoms with van der Waals surface area (Å²) in [5, 5.41) is 3.49. The first-order valence-electron chi connectivity index (χ1n) is 7.09. The lowest BCUT2D eigenvalue weighted by Gasteiger charge is -2.15. The Morgan fingerprint density at radius 2 is 1.91 bits per heavy atom. The van der Waals surface area contributed by atoms with Crippen LogP contribution in [0.1, 0.15) is 39.7 Å². The lowest BCUT2D eigenvalue weighted by molar-refractivity contribution is 0.0175. The molecule has 0 spiro atoms. The van der Waals surface area contributed by atoms with E-state index in [2.05, 4.69) is 10.3 Å². The van der Waals surface area contributed by atoms with Gasteiger partial charge in [-0.1, -0.05) is 36.7 Å². The monoisotopic (exact) mass is 326 g/mol. The van der Waals surface area contributed by atoms with E-state index < -0.39 is 5.92 Å². The Morgan fingerprint density at radius 1 is 1.32 bits per heavy atom. The van der Waals surface area contributed by atoms with Crippen LogP contribution < -0.4 is 5.32 Å². The number of nitrogens with zero attached hydrogens (tertiary/aromatic N) is 1. The molecule has 5 heteroatoms. The van der Waals surface area contributed by atoms with Gasteiger partial charge in [0.2, 0.25) is 0 Å². The van der Waals surface area contributed by atoms with Crippen molar-refractivity contribution in [1.82, 2.24) is 0 Å². The van der Waals surface area contributed by atoms with Gasteiger partial charge in [0.05, 0.1) is 5.70 Å². The predicted molar refractivity (Wildman–Crippen MR) is 90.7 cm³/mol. The van der Waals surface area contributed by atoms with E-state index in [1.54, 1.807) is 24.4 Å². The Labute approximate surface area is 135 Å². The summed E-state index contributed by atoms with van der Waals surface area (Å²) in [7, 11) is 0. The smallest absolute Gasteiger partial charge is 0.270 e. The first-order valence-corrected chi connectivity index (χ1v) is 7.47. The average molecular weight is 327 g/mol. The van der Waals surface area contributed by atoms with Crippen LogP contribution in [-0.2, 0) is 5.92 Å². The molecular weight excluding hydrogens is 306 g/mol. The number of hydrogen-bond acceptors (Lipinski definition) is 2. The van der Waals surface area contributed by atoms with Gasteiger partial charge in [-0.2, -0.15) is 0 Å². The molecule has 1 aromatic carbocycles. The maximum Gasteiger partial charge on any atom is 0.270 e. The molecule has 120 valence electrons. The highest BCUT2D eigenvalue weighted by molar-refractivity contribution is 6.70. The molecule has 0 saturated carbocycles. The van der Waals surface area contributed by atoms with E-state index >= 15 is 0 Å². The maximum atomic E-state index is 13.2. The Morgan fingerprint density at radius 3 is 2.36 bits per heavy atom. The Kier molecular flexibility index (Phi) is 6.75. The molecule has 0 amide bonds. The number of hydrogen-bond donors (Lipinski definition) is 1. The quantitative estimate of drug-likeness (QED) is 0.631. The summed E-state index contributed by atoms with van der Waals surface area (Å²) in [5.41, 5.74) is 2.38. The highest BCUT2D eigenvalue weighted by Crippen LogP contribution is 2.28. The Bertz CT molecular complexity index is 582. The molecule has 22 heavy (non-hydrogen) atoms. The van der Waals surface area contributed by atoms with Crippen LogP contribution in [0.2, 0.25) is 0 Å². The summed E-state index contributed by atoms with van der Waals surface area (Å²) < 4.78 is 26.4. The van der Waals surface area contributed by atoms with E-state index in [1.165, 1.54) is 12.1 Å².